The maximum absolute atomic E-state index is 13.8. The zero-order valence-corrected chi connectivity index (χ0v) is 16.1. The smallest absolute Gasteiger partial charge is 0.171 e. The van der Waals surface area contributed by atoms with E-state index in [1.54, 1.807) is 0 Å². The molecule has 2 aromatic rings. The van der Waals surface area contributed by atoms with Crippen LogP contribution >= 0.6 is 11.6 Å². The van der Waals surface area contributed by atoms with Gasteiger partial charge in [-0.15, -0.1) is 0 Å². The molecule has 5 nitrogen and oxygen atoms in total. The maximum Gasteiger partial charge on any atom is 0.171 e. The van der Waals surface area contributed by atoms with Gasteiger partial charge in [-0.1, -0.05) is 11.6 Å². The van der Waals surface area contributed by atoms with E-state index in [0.717, 1.165) is 24.6 Å². The molecule has 1 aromatic heterocycles. The fraction of sp³-hybridized carbons (Fsp3) is 0.450. The summed E-state index contributed by atoms with van der Waals surface area (Å²) in [6, 6.07) is 5.64. The quantitative estimate of drug-likeness (QED) is 0.759. The average molecular weight is 405 g/mol. The Morgan fingerprint density at radius 2 is 1.96 bits per heavy atom. The summed E-state index contributed by atoms with van der Waals surface area (Å²) < 4.78 is 32.5. The van der Waals surface area contributed by atoms with Crippen molar-refractivity contribution < 1.29 is 13.5 Å². The van der Waals surface area contributed by atoms with Crippen molar-refractivity contribution in [3.63, 3.8) is 0 Å². The van der Waals surface area contributed by atoms with Crippen molar-refractivity contribution in [2.45, 2.75) is 44.1 Å². The summed E-state index contributed by atoms with van der Waals surface area (Å²) in [4.78, 5) is 11.1. The van der Waals surface area contributed by atoms with Gasteiger partial charge in [-0.25, -0.2) is 18.7 Å². The summed E-state index contributed by atoms with van der Waals surface area (Å²) in [6.07, 6.45) is 2.71. The van der Waals surface area contributed by atoms with Crippen LogP contribution in [0.2, 0.25) is 5.15 Å². The molecule has 2 aliphatic rings. The van der Waals surface area contributed by atoms with E-state index >= 15 is 0 Å². The zero-order chi connectivity index (χ0) is 19.9. The molecular formula is C20H19ClF2N4O. The van der Waals surface area contributed by atoms with Gasteiger partial charge in [0.1, 0.15) is 17.3 Å². The highest BCUT2D eigenvalue weighted by Crippen LogP contribution is 2.48. The van der Waals surface area contributed by atoms with Gasteiger partial charge in [0, 0.05) is 32.0 Å². The van der Waals surface area contributed by atoms with Gasteiger partial charge in [0.25, 0.3) is 0 Å². The lowest BCUT2D eigenvalue weighted by Crippen LogP contribution is -2.39. The third-order valence-electron chi connectivity index (χ3n) is 5.36. The van der Waals surface area contributed by atoms with E-state index in [0.29, 0.717) is 42.6 Å². The Bertz CT molecular complexity index is 950. The van der Waals surface area contributed by atoms with Crippen LogP contribution in [-0.4, -0.2) is 29.2 Å². The Balaban J connectivity index is 1.44. The first-order chi connectivity index (χ1) is 13.4. The van der Waals surface area contributed by atoms with Crippen molar-refractivity contribution in [3.8, 4) is 11.8 Å². The predicted molar refractivity (Wildman–Crippen MR) is 101 cm³/mol. The van der Waals surface area contributed by atoms with Gasteiger partial charge < -0.3 is 9.64 Å². The van der Waals surface area contributed by atoms with Gasteiger partial charge in [-0.2, -0.15) is 5.26 Å². The number of hydrogen-bond donors (Lipinski definition) is 0. The number of anilines is 1. The number of hydrogen-bond acceptors (Lipinski definition) is 5. The van der Waals surface area contributed by atoms with E-state index in [1.807, 2.05) is 11.8 Å². The Morgan fingerprint density at radius 3 is 2.57 bits per heavy atom. The summed E-state index contributed by atoms with van der Waals surface area (Å²) in [6.45, 7) is 3.11. The molecule has 0 spiro atoms. The molecule has 0 atom stereocenters. The topological polar surface area (TPSA) is 62.0 Å². The Morgan fingerprint density at radius 1 is 1.25 bits per heavy atom. The average Bonchev–Trinajstić information content (AvgIpc) is 3.47. The number of nitriles is 1. The van der Waals surface area contributed by atoms with E-state index in [4.69, 9.17) is 16.3 Å². The molecule has 1 saturated carbocycles. The molecule has 1 aliphatic carbocycles. The molecule has 0 bridgehead atoms. The lowest BCUT2D eigenvalue weighted by atomic mass is 10.0. The van der Waals surface area contributed by atoms with Crippen molar-refractivity contribution in [2.24, 2.45) is 0 Å². The minimum atomic E-state index is -0.700. The first-order valence-electron chi connectivity index (χ1n) is 9.24. The summed E-state index contributed by atoms with van der Waals surface area (Å²) in [5.41, 5.74) is 0.873. The largest absolute Gasteiger partial charge is 0.487 e. The second-order valence-corrected chi connectivity index (χ2v) is 7.70. The Kier molecular flexibility index (Phi) is 4.84. The third kappa shape index (κ3) is 3.49. The monoisotopic (exact) mass is 404 g/mol. The molecule has 2 heterocycles. The Hall–Kier alpha value is -2.46. The molecule has 0 N–H and O–H groups in total. The number of rotatable bonds is 4. The highest BCUT2D eigenvalue weighted by Gasteiger charge is 2.48. The zero-order valence-electron chi connectivity index (χ0n) is 15.4. The minimum Gasteiger partial charge on any atom is -0.487 e. The molecule has 0 amide bonds. The standard InChI is InChI=1S/C20H19ClF2N4O/c1-12-17(20(11-24)6-7-20)26-18(21)19(25-12)27-8-4-14(5-9-27)28-16-3-2-13(22)10-15(16)23/h2-3,10,14H,4-9H2,1H3. The van der Waals surface area contributed by atoms with Crippen LogP contribution in [0.25, 0.3) is 0 Å². The van der Waals surface area contributed by atoms with Gasteiger partial charge in [0.05, 0.1) is 17.5 Å². The summed E-state index contributed by atoms with van der Waals surface area (Å²) in [7, 11) is 0. The van der Waals surface area contributed by atoms with Crippen LogP contribution < -0.4 is 9.64 Å². The summed E-state index contributed by atoms with van der Waals surface area (Å²) in [5, 5.41) is 9.69. The molecule has 4 rings (SSSR count). The van der Waals surface area contributed by atoms with Crippen molar-refractivity contribution in [1.29, 1.82) is 5.26 Å². The SMILES string of the molecule is Cc1nc(N2CCC(Oc3ccc(F)cc3F)CC2)c(Cl)nc1C1(C#N)CC1. The normalized spacial score (nSPS) is 18.6. The third-order valence-corrected chi connectivity index (χ3v) is 5.61. The number of aryl methyl sites for hydroxylation is 1. The van der Waals surface area contributed by atoms with Gasteiger partial charge in [0.2, 0.25) is 0 Å². The number of piperidine rings is 1. The van der Waals surface area contributed by atoms with Crippen LogP contribution in [0.5, 0.6) is 5.75 Å². The second-order valence-electron chi connectivity index (χ2n) is 7.34. The molecule has 0 unspecified atom stereocenters. The molecule has 28 heavy (non-hydrogen) atoms. The molecule has 1 saturated heterocycles. The van der Waals surface area contributed by atoms with Crippen molar-refractivity contribution in [2.75, 3.05) is 18.0 Å². The maximum atomic E-state index is 13.8. The number of nitrogens with zero attached hydrogens (tertiary/aromatic N) is 4. The van der Waals surface area contributed by atoms with E-state index in [1.165, 1.54) is 12.1 Å². The highest BCUT2D eigenvalue weighted by atomic mass is 35.5. The minimum absolute atomic E-state index is 0.0594. The van der Waals surface area contributed by atoms with E-state index in [9.17, 15) is 14.0 Å². The molecule has 146 valence electrons. The predicted octanol–water partition coefficient (Wildman–Crippen LogP) is 4.32. The number of ether oxygens (including phenoxy) is 1. The summed E-state index contributed by atoms with van der Waals surface area (Å²) in [5.74, 6) is -0.669. The van der Waals surface area contributed by atoms with Crippen LogP contribution in [0.15, 0.2) is 18.2 Å². The molecule has 8 heteroatoms. The van der Waals surface area contributed by atoms with Gasteiger partial charge in [-0.3, -0.25) is 0 Å². The van der Waals surface area contributed by atoms with Crippen LogP contribution in [0.4, 0.5) is 14.6 Å². The summed E-state index contributed by atoms with van der Waals surface area (Å²) >= 11 is 6.39. The van der Waals surface area contributed by atoms with Gasteiger partial charge in [0.15, 0.2) is 22.5 Å². The first kappa shape index (κ1) is 18.9. The van der Waals surface area contributed by atoms with Crippen LogP contribution in [-0.2, 0) is 5.41 Å². The van der Waals surface area contributed by atoms with Crippen molar-refractivity contribution in [1.82, 2.24) is 9.97 Å². The van der Waals surface area contributed by atoms with E-state index in [-0.39, 0.29) is 11.9 Å². The van der Waals surface area contributed by atoms with Gasteiger partial charge >= 0.3 is 0 Å². The second kappa shape index (κ2) is 7.17. The van der Waals surface area contributed by atoms with E-state index in [2.05, 4.69) is 16.0 Å². The highest BCUT2D eigenvalue weighted by molar-refractivity contribution is 6.31. The number of benzene rings is 1. The molecule has 1 aromatic carbocycles. The molecule has 0 radical (unpaired) electrons. The van der Waals surface area contributed by atoms with Crippen molar-refractivity contribution in [3.05, 3.63) is 46.4 Å². The number of aromatic nitrogens is 2. The Labute approximate surface area is 166 Å². The fourth-order valence-electron chi connectivity index (χ4n) is 3.60. The van der Waals surface area contributed by atoms with Crippen LogP contribution in [0.3, 0.4) is 0 Å². The number of halogens is 3. The fourth-order valence-corrected chi connectivity index (χ4v) is 3.85. The first-order valence-corrected chi connectivity index (χ1v) is 9.62. The lowest BCUT2D eigenvalue weighted by Gasteiger charge is -2.33. The van der Waals surface area contributed by atoms with Gasteiger partial charge in [-0.05, 0) is 31.9 Å². The van der Waals surface area contributed by atoms with Crippen LogP contribution in [0, 0.1) is 29.9 Å². The van der Waals surface area contributed by atoms with Crippen LogP contribution in [0.1, 0.15) is 37.1 Å². The molecule has 2 fully saturated rings. The molecular weight excluding hydrogens is 386 g/mol. The van der Waals surface area contributed by atoms with E-state index < -0.39 is 17.0 Å². The van der Waals surface area contributed by atoms with Crippen molar-refractivity contribution >= 4 is 17.4 Å². The molecule has 1 aliphatic heterocycles. The lowest BCUT2D eigenvalue weighted by molar-refractivity contribution is 0.163.